The second-order valence-electron chi connectivity index (χ2n) is 4.29. The number of pyridine rings is 1. The van der Waals surface area contributed by atoms with Crippen molar-refractivity contribution in [1.29, 1.82) is 0 Å². The monoisotopic (exact) mass is 215 g/mol. The number of nitrogens with one attached hydrogen (secondary N) is 1. The van der Waals surface area contributed by atoms with Gasteiger partial charge in [-0.1, -0.05) is 0 Å². The maximum absolute atomic E-state index is 11.1. The van der Waals surface area contributed by atoms with E-state index in [1.165, 1.54) is 5.69 Å². The number of amides is 1. The lowest BCUT2D eigenvalue weighted by Gasteiger charge is -2.38. The van der Waals surface area contributed by atoms with Gasteiger partial charge in [0, 0.05) is 43.2 Å². The number of carbonyl (C=O) groups is 1. The Morgan fingerprint density at radius 2 is 2.38 bits per heavy atom. The number of hydrogen-bond acceptors (Lipinski definition) is 2. The van der Waals surface area contributed by atoms with Crippen LogP contribution in [0.5, 0.6) is 0 Å². The summed E-state index contributed by atoms with van der Waals surface area (Å²) in [5.41, 5.74) is 2.12. The van der Waals surface area contributed by atoms with Gasteiger partial charge in [-0.15, -0.1) is 0 Å². The number of nitrogens with zero attached hydrogens (tertiary/aromatic N) is 2. The Kier molecular flexibility index (Phi) is 1.96. The van der Waals surface area contributed by atoms with Crippen molar-refractivity contribution in [2.24, 2.45) is 0 Å². The molecular formula is C12H13N3O. The van der Waals surface area contributed by atoms with E-state index in [-0.39, 0.29) is 5.91 Å². The van der Waals surface area contributed by atoms with E-state index in [1.54, 1.807) is 13.1 Å². The summed E-state index contributed by atoms with van der Waals surface area (Å²) in [6, 6.07) is 6.11. The van der Waals surface area contributed by atoms with Crippen molar-refractivity contribution >= 4 is 16.9 Å². The number of fused-ring (bicyclic) bond motifs is 1. The molecule has 1 N–H and O–H groups in total. The number of aromatic amines is 1. The van der Waals surface area contributed by atoms with Gasteiger partial charge in [0.1, 0.15) is 5.65 Å². The molecule has 0 unspecified atom stereocenters. The van der Waals surface area contributed by atoms with Crippen LogP contribution in [0.2, 0.25) is 0 Å². The summed E-state index contributed by atoms with van der Waals surface area (Å²) in [5.74, 6) is 0.601. The first-order valence-corrected chi connectivity index (χ1v) is 5.43. The van der Waals surface area contributed by atoms with Crippen molar-refractivity contribution in [2.45, 2.75) is 12.8 Å². The number of hydrogen-bond donors (Lipinski definition) is 1. The van der Waals surface area contributed by atoms with Crippen LogP contribution in [0.3, 0.4) is 0 Å². The van der Waals surface area contributed by atoms with E-state index in [1.807, 2.05) is 17.0 Å². The molecule has 2 aromatic heterocycles. The molecule has 0 aromatic carbocycles. The maximum Gasteiger partial charge on any atom is 0.219 e. The number of likely N-dealkylation sites (tertiary alicyclic amines) is 1. The average Bonchev–Trinajstić information content (AvgIpc) is 2.57. The molecular weight excluding hydrogens is 202 g/mol. The Labute approximate surface area is 93.3 Å². The third-order valence-electron chi connectivity index (χ3n) is 3.18. The van der Waals surface area contributed by atoms with Gasteiger partial charge in [-0.25, -0.2) is 4.98 Å². The molecule has 0 atom stereocenters. The molecule has 1 aliphatic heterocycles. The Hall–Kier alpha value is -1.84. The van der Waals surface area contributed by atoms with E-state index in [2.05, 4.69) is 16.0 Å². The minimum Gasteiger partial charge on any atom is -0.343 e. The summed E-state index contributed by atoms with van der Waals surface area (Å²) in [6.45, 7) is 3.26. The van der Waals surface area contributed by atoms with Gasteiger partial charge in [0.25, 0.3) is 0 Å². The number of rotatable bonds is 1. The van der Waals surface area contributed by atoms with E-state index < -0.39 is 0 Å². The molecule has 3 heterocycles. The van der Waals surface area contributed by atoms with E-state index in [9.17, 15) is 4.79 Å². The Bertz CT molecular complexity index is 507. The molecule has 3 rings (SSSR count). The molecule has 1 saturated heterocycles. The molecule has 82 valence electrons. The van der Waals surface area contributed by atoms with Crippen molar-refractivity contribution in [2.75, 3.05) is 13.1 Å². The van der Waals surface area contributed by atoms with Gasteiger partial charge in [0.05, 0.1) is 0 Å². The van der Waals surface area contributed by atoms with Crippen molar-refractivity contribution in [3.8, 4) is 0 Å². The van der Waals surface area contributed by atoms with Gasteiger partial charge < -0.3 is 9.88 Å². The highest BCUT2D eigenvalue weighted by atomic mass is 16.2. The third-order valence-corrected chi connectivity index (χ3v) is 3.18. The van der Waals surface area contributed by atoms with Gasteiger partial charge in [-0.05, 0) is 18.2 Å². The second kappa shape index (κ2) is 3.33. The number of H-pyrrole nitrogens is 1. The third kappa shape index (κ3) is 1.38. The fourth-order valence-electron chi connectivity index (χ4n) is 2.13. The Morgan fingerprint density at radius 1 is 1.56 bits per heavy atom. The van der Waals surface area contributed by atoms with Crippen LogP contribution in [0.15, 0.2) is 24.4 Å². The minimum atomic E-state index is 0.158. The van der Waals surface area contributed by atoms with Gasteiger partial charge in [-0.2, -0.15) is 0 Å². The van der Waals surface area contributed by atoms with Crippen molar-refractivity contribution in [3.63, 3.8) is 0 Å². The number of aromatic nitrogens is 2. The summed E-state index contributed by atoms with van der Waals surface area (Å²) in [5, 5.41) is 1.14. The summed E-state index contributed by atoms with van der Waals surface area (Å²) in [4.78, 5) is 20.5. The minimum absolute atomic E-state index is 0.158. The Morgan fingerprint density at radius 3 is 3.06 bits per heavy atom. The topological polar surface area (TPSA) is 49.0 Å². The van der Waals surface area contributed by atoms with Gasteiger partial charge >= 0.3 is 0 Å². The van der Waals surface area contributed by atoms with Crippen LogP contribution in [-0.4, -0.2) is 33.9 Å². The van der Waals surface area contributed by atoms with Crippen LogP contribution in [-0.2, 0) is 4.79 Å². The fraction of sp³-hybridized carbons (Fsp3) is 0.333. The molecule has 16 heavy (non-hydrogen) atoms. The van der Waals surface area contributed by atoms with Crippen LogP contribution in [0, 0.1) is 0 Å². The molecule has 0 bridgehead atoms. The first-order chi connectivity index (χ1) is 7.74. The van der Waals surface area contributed by atoms with E-state index in [0.717, 1.165) is 24.1 Å². The largest absolute Gasteiger partial charge is 0.343 e. The van der Waals surface area contributed by atoms with Crippen molar-refractivity contribution in [3.05, 3.63) is 30.1 Å². The average molecular weight is 215 g/mol. The lowest BCUT2D eigenvalue weighted by molar-refractivity contribution is -0.133. The van der Waals surface area contributed by atoms with Crippen molar-refractivity contribution < 1.29 is 4.79 Å². The molecule has 1 amide bonds. The van der Waals surface area contributed by atoms with Gasteiger partial charge in [0.15, 0.2) is 0 Å². The highest BCUT2D eigenvalue weighted by Crippen LogP contribution is 2.28. The summed E-state index contributed by atoms with van der Waals surface area (Å²) in [6.07, 6.45) is 1.78. The van der Waals surface area contributed by atoms with Crippen LogP contribution >= 0.6 is 0 Å². The molecule has 2 aromatic rings. The summed E-state index contributed by atoms with van der Waals surface area (Å²) >= 11 is 0. The lowest BCUT2D eigenvalue weighted by Crippen LogP contribution is -2.47. The van der Waals surface area contributed by atoms with Crippen LogP contribution in [0.1, 0.15) is 18.5 Å². The normalized spacial score (nSPS) is 16.4. The van der Waals surface area contributed by atoms with E-state index in [0.29, 0.717) is 5.92 Å². The standard InChI is InChI=1S/C12H13N3O/c1-8(16)15-6-10(7-15)11-5-9-3-2-4-13-12(9)14-11/h2-5,10H,6-7H2,1H3,(H,13,14). The smallest absolute Gasteiger partial charge is 0.219 e. The summed E-state index contributed by atoms with van der Waals surface area (Å²) in [7, 11) is 0. The molecule has 0 spiro atoms. The predicted molar refractivity (Wildman–Crippen MR) is 61.1 cm³/mol. The van der Waals surface area contributed by atoms with Crippen molar-refractivity contribution in [1.82, 2.24) is 14.9 Å². The molecule has 0 aliphatic carbocycles. The molecule has 0 saturated carbocycles. The first kappa shape index (κ1) is 9.39. The predicted octanol–water partition coefficient (Wildman–Crippen LogP) is 1.51. The zero-order chi connectivity index (χ0) is 11.1. The Balaban J connectivity index is 1.83. The molecule has 4 heteroatoms. The number of carbonyl (C=O) groups excluding carboxylic acids is 1. The van der Waals surface area contributed by atoms with Gasteiger partial charge in [0.2, 0.25) is 5.91 Å². The summed E-state index contributed by atoms with van der Waals surface area (Å²) < 4.78 is 0. The zero-order valence-corrected chi connectivity index (χ0v) is 9.10. The maximum atomic E-state index is 11.1. The quantitative estimate of drug-likeness (QED) is 0.783. The van der Waals surface area contributed by atoms with Crippen LogP contribution in [0.4, 0.5) is 0 Å². The first-order valence-electron chi connectivity index (χ1n) is 5.43. The SMILES string of the molecule is CC(=O)N1CC(c2cc3cccnc3[nH]2)C1. The molecule has 0 radical (unpaired) electrons. The molecule has 1 aliphatic rings. The van der Waals surface area contributed by atoms with E-state index in [4.69, 9.17) is 0 Å². The highest BCUT2D eigenvalue weighted by molar-refractivity contribution is 5.77. The van der Waals surface area contributed by atoms with Gasteiger partial charge in [-0.3, -0.25) is 4.79 Å². The second-order valence-corrected chi connectivity index (χ2v) is 4.29. The van der Waals surface area contributed by atoms with Crippen LogP contribution in [0.25, 0.3) is 11.0 Å². The zero-order valence-electron chi connectivity index (χ0n) is 9.10. The highest BCUT2D eigenvalue weighted by Gasteiger charge is 2.30. The molecule has 4 nitrogen and oxygen atoms in total. The fourth-order valence-corrected chi connectivity index (χ4v) is 2.13. The lowest BCUT2D eigenvalue weighted by atomic mass is 9.96. The van der Waals surface area contributed by atoms with Crippen LogP contribution < -0.4 is 0 Å². The van der Waals surface area contributed by atoms with E-state index >= 15 is 0 Å². The molecule has 1 fully saturated rings.